The van der Waals surface area contributed by atoms with Gasteiger partial charge in [-0.1, -0.05) is 36.8 Å². The number of amides is 2. The van der Waals surface area contributed by atoms with Gasteiger partial charge in [-0.2, -0.15) is 0 Å². The monoisotopic (exact) mass is 565 g/mol. The molecule has 0 spiro atoms. The third-order valence-electron chi connectivity index (χ3n) is 8.56. The van der Waals surface area contributed by atoms with E-state index in [1.165, 1.54) is 6.42 Å². The summed E-state index contributed by atoms with van der Waals surface area (Å²) in [5, 5.41) is 6.79. The molecular formula is C33H47N3O5. The van der Waals surface area contributed by atoms with Crippen LogP contribution in [0.1, 0.15) is 61.4 Å². The molecule has 8 heteroatoms. The van der Waals surface area contributed by atoms with Crippen LogP contribution in [0.15, 0.2) is 48.5 Å². The molecule has 2 N–H and O–H groups in total. The minimum absolute atomic E-state index is 0.0209. The number of ether oxygens (including phenoxy) is 3. The van der Waals surface area contributed by atoms with Crippen molar-refractivity contribution < 1.29 is 23.8 Å². The molecule has 2 aromatic rings. The Morgan fingerprint density at radius 2 is 1.76 bits per heavy atom. The largest absolute Gasteiger partial charge is 0.493 e. The molecule has 1 saturated carbocycles. The molecule has 224 valence electrons. The van der Waals surface area contributed by atoms with Gasteiger partial charge in [0.25, 0.3) is 5.91 Å². The van der Waals surface area contributed by atoms with Crippen LogP contribution in [0.3, 0.4) is 0 Å². The maximum absolute atomic E-state index is 13.8. The molecule has 2 amide bonds. The van der Waals surface area contributed by atoms with Crippen LogP contribution in [-0.4, -0.2) is 76.4 Å². The van der Waals surface area contributed by atoms with Crippen molar-refractivity contribution >= 4 is 11.8 Å². The summed E-state index contributed by atoms with van der Waals surface area (Å²) in [5.41, 5.74) is 1.68. The number of nitrogens with zero attached hydrogens (tertiary/aromatic N) is 1. The molecule has 41 heavy (non-hydrogen) atoms. The van der Waals surface area contributed by atoms with Crippen LogP contribution in [0.5, 0.6) is 11.5 Å². The van der Waals surface area contributed by atoms with Gasteiger partial charge in [-0.05, 0) is 68.2 Å². The molecule has 1 heterocycles. The zero-order chi connectivity index (χ0) is 29.2. The number of hydrogen-bond donors (Lipinski definition) is 2. The predicted molar refractivity (Wildman–Crippen MR) is 161 cm³/mol. The molecule has 2 aliphatic rings. The lowest BCUT2D eigenvalue weighted by Gasteiger charge is -2.34. The number of carbonyl (C=O) groups excluding carboxylic acids is 2. The summed E-state index contributed by atoms with van der Waals surface area (Å²) in [6.45, 7) is 8.04. The van der Waals surface area contributed by atoms with Gasteiger partial charge in [-0.25, -0.2) is 0 Å². The van der Waals surface area contributed by atoms with Gasteiger partial charge < -0.3 is 29.7 Å². The lowest BCUT2D eigenvalue weighted by atomic mass is 9.72. The van der Waals surface area contributed by atoms with Gasteiger partial charge in [-0.15, -0.1) is 0 Å². The van der Waals surface area contributed by atoms with Gasteiger partial charge in [0.15, 0.2) is 11.5 Å². The van der Waals surface area contributed by atoms with Gasteiger partial charge in [0.05, 0.1) is 19.6 Å². The maximum atomic E-state index is 13.8. The van der Waals surface area contributed by atoms with Gasteiger partial charge >= 0.3 is 0 Å². The van der Waals surface area contributed by atoms with Crippen molar-refractivity contribution in [2.75, 3.05) is 53.6 Å². The zero-order valence-electron chi connectivity index (χ0n) is 25.1. The van der Waals surface area contributed by atoms with E-state index in [0.29, 0.717) is 49.3 Å². The Morgan fingerprint density at radius 1 is 1.00 bits per heavy atom. The summed E-state index contributed by atoms with van der Waals surface area (Å²) in [6, 6.07) is 15.6. The van der Waals surface area contributed by atoms with E-state index >= 15 is 0 Å². The molecule has 2 aromatic carbocycles. The van der Waals surface area contributed by atoms with Gasteiger partial charge in [0.1, 0.15) is 0 Å². The van der Waals surface area contributed by atoms with Gasteiger partial charge in [-0.3, -0.25) is 9.59 Å². The van der Waals surface area contributed by atoms with Crippen LogP contribution >= 0.6 is 0 Å². The van der Waals surface area contributed by atoms with E-state index in [1.54, 1.807) is 32.4 Å². The van der Waals surface area contributed by atoms with Crippen molar-refractivity contribution in [3.8, 4) is 11.5 Å². The molecule has 1 aliphatic carbocycles. The van der Waals surface area contributed by atoms with Crippen LogP contribution in [0.2, 0.25) is 0 Å². The Balaban J connectivity index is 1.40. The fourth-order valence-electron chi connectivity index (χ4n) is 5.91. The third kappa shape index (κ3) is 8.01. The molecule has 8 nitrogen and oxygen atoms in total. The average molecular weight is 566 g/mol. The van der Waals surface area contributed by atoms with E-state index in [-0.39, 0.29) is 35.6 Å². The molecule has 1 saturated heterocycles. The number of rotatable bonds is 15. The van der Waals surface area contributed by atoms with Gasteiger partial charge in [0, 0.05) is 57.9 Å². The Hall–Kier alpha value is -3.10. The normalized spacial score (nSPS) is 19.4. The highest BCUT2D eigenvalue weighted by atomic mass is 16.5. The van der Waals surface area contributed by atoms with Crippen molar-refractivity contribution in [2.45, 2.75) is 51.5 Å². The first kappa shape index (κ1) is 30.8. The topological polar surface area (TPSA) is 89.1 Å². The van der Waals surface area contributed by atoms with Crippen LogP contribution < -0.4 is 20.1 Å². The molecule has 0 radical (unpaired) electrons. The summed E-state index contributed by atoms with van der Waals surface area (Å²) in [7, 11) is 3.26. The van der Waals surface area contributed by atoms with Crippen molar-refractivity contribution in [3.63, 3.8) is 0 Å². The highest BCUT2D eigenvalue weighted by Crippen LogP contribution is 2.39. The average Bonchev–Trinajstić information content (AvgIpc) is 3.41. The van der Waals surface area contributed by atoms with Crippen molar-refractivity contribution in [1.29, 1.82) is 0 Å². The van der Waals surface area contributed by atoms with Crippen LogP contribution in [-0.2, 0) is 9.53 Å². The first-order valence-corrected chi connectivity index (χ1v) is 15.1. The summed E-state index contributed by atoms with van der Waals surface area (Å²) < 4.78 is 16.5. The van der Waals surface area contributed by atoms with E-state index in [2.05, 4.69) is 22.8 Å². The van der Waals surface area contributed by atoms with E-state index in [9.17, 15) is 9.59 Å². The molecule has 1 aliphatic heterocycles. The molecule has 0 aromatic heterocycles. The quantitative estimate of drug-likeness (QED) is 0.309. The number of benzene rings is 2. The molecule has 2 fully saturated rings. The van der Waals surface area contributed by atoms with E-state index in [0.717, 1.165) is 37.9 Å². The standard InChI is InChI=1S/C33H47N3O5/c1-23(2)36(33(38)26-14-15-29(40-4)30(18-26)41-17-9-16-39-3)22-28-20-34-19-27(28)21-35-32(37)31(25-12-8-13-25)24-10-6-5-7-11-24/h5-7,10-11,14-15,18,23,25,27-28,31,34H,8-9,12-13,16-17,19-22H2,1-4H3,(H,35,37)/t27-,28-,31?/m0/s1. The minimum Gasteiger partial charge on any atom is -0.493 e. The second-order valence-corrected chi connectivity index (χ2v) is 11.6. The lowest BCUT2D eigenvalue weighted by Crippen LogP contribution is -2.44. The Kier molecular flexibility index (Phi) is 11.5. The Bertz CT molecular complexity index is 1120. The highest BCUT2D eigenvalue weighted by Gasteiger charge is 2.36. The van der Waals surface area contributed by atoms with Crippen LogP contribution in [0.4, 0.5) is 0 Å². The summed E-state index contributed by atoms with van der Waals surface area (Å²) in [5.74, 6) is 2.06. The number of hydrogen-bond acceptors (Lipinski definition) is 6. The maximum Gasteiger partial charge on any atom is 0.254 e. The fraction of sp³-hybridized carbons (Fsp3) is 0.576. The first-order valence-electron chi connectivity index (χ1n) is 15.1. The van der Waals surface area contributed by atoms with Gasteiger partial charge in [0.2, 0.25) is 5.91 Å². The molecule has 1 unspecified atom stereocenters. The fourth-order valence-corrected chi connectivity index (χ4v) is 5.91. The number of nitrogens with one attached hydrogen (secondary N) is 2. The van der Waals surface area contributed by atoms with Crippen LogP contribution in [0.25, 0.3) is 0 Å². The van der Waals surface area contributed by atoms with Crippen molar-refractivity contribution in [3.05, 3.63) is 59.7 Å². The predicted octanol–water partition coefficient (Wildman–Crippen LogP) is 4.50. The summed E-state index contributed by atoms with van der Waals surface area (Å²) in [6.07, 6.45) is 4.16. The van der Waals surface area contributed by atoms with E-state index in [1.807, 2.05) is 36.9 Å². The highest BCUT2D eigenvalue weighted by molar-refractivity contribution is 5.95. The lowest BCUT2D eigenvalue weighted by molar-refractivity contribution is -0.124. The second-order valence-electron chi connectivity index (χ2n) is 11.6. The summed E-state index contributed by atoms with van der Waals surface area (Å²) >= 11 is 0. The number of carbonyl (C=O) groups is 2. The zero-order valence-corrected chi connectivity index (χ0v) is 25.1. The molecular weight excluding hydrogens is 518 g/mol. The van der Waals surface area contributed by atoms with Crippen molar-refractivity contribution in [2.24, 2.45) is 17.8 Å². The van der Waals surface area contributed by atoms with E-state index < -0.39 is 0 Å². The van der Waals surface area contributed by atoms with Crippen molar-refractivity contribution in [1.82, 2.24) is 15.5 Å². The summed E-state index contributed by atoms with van der Waals surface area (Å²) in [4.78, 5) is 29.1. The van der Waals surface area contributed by atoms with E-state index in [4.69, 9.17) is 14.2 Å². The van der Waals surface area contributed by atoms with Crippen LogP contribution in [0, 0.1) is 17.8 Å². The minimum atomic E-state index is -0.0903. The Morgan fingerprint density at radius 3 is 2.41 bits per heavy atom. The third-order valence-corrected chi connectivity index (χ3v) is 8.56. The Labute approximate surface area is 245 Å². The molecule has 0 bridgehead atoms. The smallest absolute Gasteiger partial charge is 0.254 e. The first-order chi connectivity index (χ1) is 19.9. The number of methoxy groups -OCH3 is 2. The molecule has 4 rings (SSSR count). The second kappa shape index (κ2) is 15.2. The molecule has 3 atom stereocenters. The SMILES string of the molecule is COCCCOc1cc(C(=O)N(C[C@@H]2CNC[C@H]2CNC(=O)C(c2ccccc2)C2CCC2)C(C)C)ccc1OC.